The molecule has 5 heteroatoms. The molecule has 0 saturated heterocycles. The summed E-state index contributed by atoms with van der Waals surface area (Å²) in [6.45, 7) is 1.87. The first-order chi connectivity index (χ1) is 5.23. The van der Waals surface area contributed by atoms with Gasteiger partial charge in [-0.3, -0.25) is 0 Å². The normalized spacial score (nSPS) is 19.4. The topological polar surface area (TPSA) is 44.0 Å². The van der Waals surface area contributed by atoms with Crippen molar-refractivity contribution in [3.63, 3.8) is 0 Å². The van der Waals surface area contributed by atoms with Gasteiger partial charge in [0.15, 0.2) is 5.60 Å². The van der Waals surface area contributed by atoms with E-state index in [0.717, 1.165) is 0 Å². The number of nitriles is 1. The Morgan fingerprint density at radius 3 is 2.17 bits per heavy atom. The van der Waals surface area contributed by atoms with Crippen molar-refractivity contribution in [2.24, 2.45) is 5.92 Å². The molecule has 0 aliphatic rings. The molecule has 0 unspecified atom stereocenters. The second kappa shape index (κ2) is 3.31. The molecule has 0 spiro atoms. The number of nitrogens with zero attached hydrogens (tertiary/aromatic N) is 1. The number of alkyl halides is 3. The fourth-order valence-electron chi connectivity index (χ4n) is 0.615. The van der Waals surface area contributed by atoms with Crippen LogP contribution >= 0.6 is 0 Å². The SMILES string of the molecule is C[C@@H](CC#N)[C@@](C)(O)C(F)(F)F. The number of aliphatic hydroxyl groups is 1. The van der Waals surface area contributed by atoms with Gasteiger partial charge < -0.3 is 5.11 Å². The Bertz CT molecular complexity index is 192. The highest BCUT2D eigenvalue weighted by Crippen LogP contribution is 2.36. The molecule has 0 fully saturated rings. The number of rotatable bonds is 2. The van der Waals surface area contributed by atoms with Crippen LogP contribution in [0.3, 0.4) is 0 Å². The average Bonchev–Trinajstić information content (AvgIpc) is 1.85. The lowest BCUT2D eigenvalue weighted by Gasteiger charge is -2.30. The molecule has 0 aromatic heterocycles. The van der Waals surface area contributed by atoms with E-state index in [9.17, 15) is 13.2 Å². The summed E-state index contributed by atoms with van der Waals surface area (Å²) in [7, 11) is 0. The minimum Gasteiger partial charge on any atom is -0.380 e. The smallest absolute Gasteiger partial charge is 0.380 e. The van der Waals surface area contributed by atoms with Crippen LogP contribution in [0.2, 0.25) is 0 Å². The summed E-state index contributed by atoms with van der Waals surface area (Å²) in [5.41, 5.74) is -2.78. The second-order valence-corrected chi connectivity index (χ2v) is 2.91. The van der Waals surface area contributed by atoms with Crippen LogP contribution in [0.15, 0.2) is 0 Å². The van der Waals surface area contributed by atoms with Crippen LogP contribution in [0, 0.1) is 17.2 Å². The van der Waals surface area contributed by atoms with Crippen molar-refractivity contribution in [1.29, 1.82) is 5.26 Å². The molecular weight excluding hydrogens is 171 g/mol. The molecule has 0 aliphatic carbocycles. The van der Waals surface area contributed by atoms with Crippen molar-refractivity contribution in [2.45, 2.75) is 32.0 Å². The molecule has 0 heterocycles. The number of hydrogen-bond donors (Lipinski definition) is 1. The summed E-state index contributed by atoms with van der Waals surface area (Å²) < 4.78 is 36.1. The Morgan fingerprint density at radius 2 is 1.92 bits per heavy atom. The van der Waals surface area contributed by atoms with Gasteiger partial charge in [0.05, 0.1) is 6.07 Å². The third-order valence-corrected chi connectivity index (χ3v) is 1.93. The first-order valence-electron chi connectivity index (χ1n) is 3.39. The molecule has 0 rings (SSSR count). The second-order valence-electron chi connectivity index (χ2n) is 2.91. The molecule has 2 nitrogen and oxygen atoms in total. The van der Waals surface area contributed by atoms with Crippen LogP contribution in [0.1, 0.15) is 20.3 Å². The van der Waals surface area contributed by atoms with Crippen LogP contribution in [0.25, 0.3) is 0 Å². The standard InChI is InChI=1S/C7H10F3NO/c1-5(3-4-11)6(2,12)7(8,9)10/h5,12H,3H2,1-2H3/t5-,6+/m0/s1. The van der Waals surface area contributed by atoms with Crippen LogP contribution in [-0.2, 0) is 0 Å². The molecule has 0 aromatic rings. The van der Waals surface area contributed by atoms with Crippen molar-refractivity contribution in [3.05, 3.63) is 0 Å². The van der Waals surface area contributed by atoms with Gasteiger partial charge in [-0.15, -0.1) is 0 Å². The van der Waals surface area contributed by atoms with Gasteiger partial charge in [-0.1, -0.05) is 6.92 Å². The van der Waals surface area contributed by atoms with E-state index in [1.807, 2.05) is 0 Å². The van der Waals surface area contributed by atoms with Gasteiger partial charge >= 0.3 is 6.18 Å². The Balaban J connectivity index is 4.52. The highest BCUT2D eigenvalue weighted by Gasteiger charge is 2.53. The zero-order valence-electron chi connectivity index (χ0n) is 6.81. The molecule has 0 saturated carbocycles. The van der Waals surface area contributed by atoms with Crippen molar-refractivity contribution in [3.8, 4) is 6.07 Å². The van der Waals surface area contributed by atoms with E-state index in [2.05, 4.69) is 0 Å². The van der Waals surface area contributed by atoms with E-state index in [0.29, 0.717) is 6.92 Å². The fraction of sp³-hybridized carbons (Fsp3) is 0.857. The minimum absolute atomic E-state index is 0.313. The maximum atomic E-state index is 12.0. The summed E-state index contributed by atoms with van der Waals surface area (Å²) in [5, 5.41) is 17.1. The Morgan fingerprint density at radius 1 is 1.50 bits per heavy atom. The van der Waals surface area contributed by atoms with E-state index >= 15 is 0 Å². The van der Waals surface area contributed by atoms with Gasteiger partial charge in [0, 0.05) is 12.3 Å². The van der Waals surface area contributed by atoms with Crippen LogP contribution < -0.4 is 0 Å². The zero-order chi connectivity index (χ0) is 9.99. The van der Waals surface area contributed by atoms with Gasteiger partial charge in [-0.05, 0) is 6.92 Å². The molecule has 0 bridgehead atoms. The molecule has 0 amide bonds. The summed E-state index contributed by atoms with van der Waals surface area (Å²) in [6, 6.07) is 1.59. The third kappa shape index (κ3) is 2.11. The van der Waals surface area contributed by atoms with Crippen LogP contribution in [-0.4, -0.2) is 16.9 Å². The number of halogens is 3. The summed E-state index contributed by atoms with van der Waals surface area (Å²) >= 11 is 0. The van der Waals surface area contributed by atoms with Gasteiger partial charge in [0.25, 0.3) is 0 Å². The molecule has 12 heavy (non-hydrogen) atoms. The number of hydrogen-bond acceptors (Lipinski definition) is 2. The van der Waals surface area contributed by atoms with Crippen molar-refractivity contribution >= 4 is 0 Å². The lowest BCUT2D eigenvalue weighted by Crippen LogP contribution is -2.47. The Labute approximate surface area is 68.6 Å². The largest absolute Gasteiger partial charge is 0.417 e. The monoisotopic (exact) mass is 181 g/mol. The first-order valence-corrected chi connectivity index (χ1v) is 3.39. The third-order valence-electron chi connectivity index (χ3n) is 1.93. The van der Waals surface area contributed by atoms with Crippen LogP contribution in [0.5, 0.6) is 0 Å². The minimum atomic E-state index is -4.68. The zero-order valence-corrected chi connectivity index (χ0v) is 6.81. The molecule has 0 aliphatic heterocycles. The first kappa shape index (κ1) is 11.2. The van der Waals surface area contributed by atoms with E-state index < -0.39 is 17.7 Å². The summed E-state index contributed by atoms with van der Waals surface area (Å²) in [6.07, 6.45) is -4.99. The summed E-state index contributed by atoms with van der Waals surface area (Å²) in [4.78, 5) is 0. The molecule has 1 N–H and O–H groups in total. The highest BCUT2D eigenvalue weighted by molar-refractivity contribution is 4.91. The molecule has 0 radical (unpaired) electrons. The van der Waals surface area contributed by atoms with Gasteiger partial charge in [-0.25, -0.2) is 0 Å². The lowest BCUT2D eigenvalue weighted by molar-refractivity contribution is -0.269. The maximum absolute atomic E-state index is 12.0. The maximum Gasteiger partial charge on any atom is 0.417 e. The van der Waals surface area contributed by atoms with E-state index in [-0.39, 0.29) is 6.42 Å². The fourth-order valence-corrected chi connectivity index (χ4v) is 0.615. The molecular formula is C7H10F3NO. The van der Waals surface area contributed by atoms with Crippen LogP contribution in [0.4, 0.5) is 13.2 Å². The van der Waals surface area contributed by atoms with E-state index in [4.69, 9.17) is 10.4 Å². The predicted octanol–water partition coefficient (Wildman–Crippen LogP) is 1.85. The lowest BCUT2D eigenvalue weighted by atomic mass is 9.88. The predicted molar refractivity (Wildman–Crippen MR) is 36.1 cm³/mol. The molecule has 70 valence electrons. The molecule has 0 aromatic carbocycles. The van der Waals surface area contributed by atoms with Gasteiger partial charge in [0.1, 0.15) is 0 Å². The van der Waals surface area contributed by atoms with Crippen molar-refractivity contribution in [1.82, 2.24) is 0 Å². The Kier molecular flexibility index (Phi) is 3.10. The van der Waals surface area contributed by atoms with Gasteiger partial charge in [0.2, 0.25) is 0 Å². The summed E-state index contributed by atoms with van der Waals surface area (Å²) in [5.74, 6) is -1.11. The van der Waals surface area contributed by atoms with Crippen molar-refractivity contribution < 1.29 is 18.3 Å². The average molecular weight is 181 g/mol. The van der Waals surface area contributed by atoms with Gasteiger partial charge in [-0.2, -0.15) is 18.4 Å². The Hall–Kier alpha value is -0.760. The highest BCUT2D eigenvalue weighted by atomic mass is 19.4. The van der Waals surface area contributed by atoms with Crippen molar-refractivity contribution in [2.75, 3.05) is 0 Å². The quantitative estimate of drug-likeness (QED) is 0.706. The van der Waals surface area contributed by atoms with E-state index in [1.54, 1.807) is 6.07 Å². The molecule has 2 atom stereocenters. The van der Waals surface area contributed by atoms with E-state index in [1.165, 1.54) is 6.92 Å².